The van der Waals surface area contributed by atoms with Crippen LogP contribution in [0.15, 0.2) is 48.5 Å². The highest BCUT2D eigenvalue weighted by Gasteiger charge is 2.16. The molecule has 0 spiro atoms. The molecule has 0 aliphatic heterocycles. The van der Waals surface area contributed by atoms with E-state index in [-0.39, 0.29) is 0 Å². The number of benzene rings is 2. The van der Waals surface area contributed by atoms with E-state index in [0.717, 1.165) is 0 Å². The SMILES string of the molecule is N#Cc1ccccc1NC(=O)COC(=O)c1ccc(C2CCCCC2)cc1. The first-order valence-corrected chi connectivity index (χ1v) is 9.23. The van der Waals surface area contributed by atoms with E-state index in [4.69, 9.17) is 10.00 Å². The number of nitrogens with zero attached hydrogens (tertiary/aromatic N) is 1. The van der Waals surface area contributed by atoms with Gasteiger partial charge in [-0.2, -0.15) is 5.26 Å². The maximum Gasteiger partial charge on any atom is 0.338 e. The molecule has 0 bridgehead atoms. The highest BCUT2D eigenvalue weighted by atomic mass is 16.5. The number of nitriles is 1. The Morgan fingerprint density at radius 2 is 1.74 bits per heavy atom. The maximum atomic E-state index is 12.2. The molecule has 2 aromatic carbocycles. The number of ether oxygens (including phenoxy) is 1. The van der Waals surface area contributed by atoms with Crippen molar-refractivity contribution in [3.05, 3.63) is 65.2 Å². The second-order valence-electron chi connectivity index (χ2n) is 6.74. The third kappa shape index (κ3) is 4.95. The van der Waals surface area contributed by atoms with Crippen LogP contribution >= 0.6 is 0 Å². The van der Waals surface area contributed by atoms with Crippen LogP contribution in [0.4, 0.5) is 5.69 Å². The summed E-state index contributed by atoms with van der Waals surface area (Å²) >= 11 is 0. The van der Waals surface area contributed by atoms with Gasteiger partial charge in [0.05, 0.1) is 16.8 Å². The van der Waals surface area contributed by atoms with Crippen molar-refractivity contribution in [2.24, 2.45) is 0 Å². The van der Waals surface area contributed by atoms with E-state index in [1.807, 2.05) is 18.2 Å². The monoisotopic (exact) mass is 362 g/mol. The van der Waals surface area contributed by atoms with Crippen LogP contribution in [0.3, 0.4) is 0 Å². The summed E-state index contributed by atoms with van der Waals surface area (Å²) in [5.74, 6) is -0.436. The Hall–Kier alpha value is -3.13. The summed E-state index contributed by atoms with van der Waals surface area (Å²) in [4.78, 5) is 24.1. The van der Waals surface area contributed by atoms with Crippen molar-refractivity contribution in [2.75, 3.05) is 11.9 Å². The Morgan fingerprint density at radius 1 is 1.04 bits per heavy atom. The Kier molecular flexibility index (Phi) is 6.22. The van der Waals surface area contributed by atoms with Gasteiger partial charge in [0, 0.05) is 0 Å². The van der Waals surface area contributed by atoms with Crippen molar-refractivity contribution < 1.29 is 14.3 Å². The molecule has 0 radical (unpaired) electrons. The molecule has 1 aliphatic rings. The summed E-state index contributed by atoms with van der Waals surface area (Å²) in [6.07, 6.45) is 6.24. The van der Waals surface area contributed by atoms with Crippen LogP contribution < -0.4 is 5.32 Å². The topological polar surface area (TPSA) is 79.2 Å². The Bertz CT molecular complexity index is 847. The van der Waals surface area contributed by atoms with E-state index in [9.17, 15) is 9.59 Å². The molecular formula is C22H22N2O3. The van der Waals surface area contributed by atoms with Gasteiger partial charge in [-0.25, -0.2) is 4.79 Å². The minimum absolute atomic E-state index is 0.357. The quantitative estimate of drug-likeness (QED) is 0.800. The average molecular weight is 362 g/mol. The predicted molar refractivity (Wildman–Crippen MR) is 102 cm³/mol. The molecule has 0 unspecified atom stereocenters. The van der Waals surface area contributed by atoms with E-state index in [0.29, 0.717) is 22.7 Å². The Balaban J connectivity index is 1.52. The predicted octanol–water partition coefficient (Wildman–Crippen LogP) is 4.40. The fraction of sp³-hybridized carbons (Fsp3) is 0.318. The van der Waals surface area contributed by atoms with Crippen LogP contribution in [-0.4, -0.2) is 18.5 Å². The van der Waals surface area contributed by atoms with E-state index in [2.05, 4.69) is 5.32 Å². The van der Waals surface area contributed by atoms with E-state index >= 15 is 0 Å². The third-order valence-electron chi connectivity index (χ3n) is 4.88. The third-order valence-corrected chi connectivity index (χ3v) is 4.88. The highest BCUT2D eigenvalue weighted by molar-refractivity contribution is 5.96. The van der Waals surface area contributed by atoms with Gasteiger partial charge in [0.2, 0.25) is 0 Å². The van der Waals surface area contributed by atoms with Gasteiger partial charge in [-0.05, 0) is 48.6 Å². The largest absolute Gasteiger partial charge is 0.452 e. The normalized spacial score (nSPS) is 14.2. The summed E-state index contributed by atoms with van der Waals surface area (Å²) in [6.45, 7) is -0.400. The van der Waals surface area contributed by atoms with Gasteiger partial charge in [-0.15, -0.1) is 0 Å². The van der Waals surface area contributed by atoms with Crippen molar-refractivity contribution in [1.82, 2.24) is 0 Å². The van der Waals surface area contributed by atoms with E-state index < -0.39 is 18.5 Å². The number of para-hydroxylation sites is 1. The first-order chi connectivity index (χ1) is 13.2. The van der Waals surface area contributed by atoms with Crippen LogP contribution in [0.1, 0.15) is 59.5 Å². The summed E-state index contributed by atoms with van der Waals surface area (Å²) in [6, 6.07) is 16.1. The molecule has 1 aliphatic carbocycles. The molecule has 0 heterocycles. The molecule has 5 heteroatoms. The molecule has 3 rings (SSSR count). The van der Waals surface area contributed by atoms with Gasteiger partial charge >= 0.3 is 5.97 Å². The summed E-state index contributed by atoms with van der Waals surface area (Å²) in [5.41, 5.74) is 2.45. The summed E-state index contributed by atoms with van der Waals surface area (Å²) < 4.78 is 5.09. The number of rotatable bonds is 5. The number of nitrogens with one attached hydrogen (secondary N) is 1. The standard InChI is InChI=1S/C22H22N2O3/c23-14-19-8-4-5-9-20(19)24-21(25)15-27-22(26)18-12-10-17(11-13-18)16-6-2-1-3-7-16/h4-5,8-13,16H,1-3,6-7,15H2,(H,24,25). The maximum absolute atomic E-state index is 12.2. The molecule has 138 valence electrons. The van der Waals surface area contributed by atoms with Crippen molar-refractivity contribution in [3.63, 3.8) is 0 Å². The molecule has 27 heavy (non-hydrogen) atoms. The molecule has 1 saturated carbocycles. The van der Waals surface area contributed by atoms with Crippen LogP contribution in [0.2, 0.25) is 0 Å². The number of anilines is 1. The van der Waals surface area contributed by atoms with Gasteiger partial charge in [0.25, 0.3) is 5.91 Å². The summed E-state index contributed by atoms with van der Waals surface area (Å²) in [7, 11) is 0. The zero-order valence-corrected chi connectivity index (χ0v) is 15.1. The fourth-order valence-electron chi connectivity index (χ4n) is 3.42. The number of carbonyl (C=O) groups excluding carboxylic acids is 2. The highest BCUT2D eigenvalue weighted by Crippen LogP contribution is 2.32. The minimum atomic E-state index is -0.533. The lowest BCUT2D eigenvalue weighted by Crippen LogP contribution is -2.21. The van der Waals surface area contributed by atoms with Gasteiger partial charge < -0.3 is 10.1 Å². The fourth-order valence-corrected chi connectivity index (χ4v) is 3.42. The lowest BCUT2D eigenvalue weighted by atomic mass is 9.84. The Morgan fingerprint density at radius 3 is 2.44 bits per heavy atom. The number of hydrogen-bond acceptors (Lipinski definition) is 4. The molecule has 1 N–H and O–H groups in total. The second-order valence-corrected chi connectivity index (χ2v) is 6.74. The van der Waals surface area contributed by atoms with Crippen molar-refractivity contribution in [1.29, 1.82) is 5.26 Å². The molecule has 1 amide bonds. The van der Waals surface area contributed by atoms with Crippen LogP contribution in [0.5, 0.6) is 0 Å². The van der Waals surface area contributed by atoms with Crippen LogP contribution in [0, 0.1) is 11.3 Å². The second kappa shape index (κ2) is 9.00. The first kappa shape index (κ1) is 18.7. The first-order valence-electron chi connectivity index (χ1n) is 9.23. The van der Waals surface area contributed by atoms with Gasteiger partial charge in [0.15, 0.2) is 6.61 Å². The zero-order valence-electron chi connectivity index (χ0n) is 15.1. The lowest BCUT2D eigenvalue weighted by Gasteiger charge is -2.21. The van der Waals surface area contributed by atoms with Crippen LogP contribution in [0.25, 0.3) is 0 Å². The van der Waals surface area contributed by atoms with Gasteiger partial charge in [-0.3, -0.25) is 4.79 Å². The Labute approximate surface area is 159 Å². The van der Waals surface area contributed by atoms with Crippen LogP contribution in [-0.2, 0) is 9.53 Å². The molecule has 0 atom stereocenters. The zero-order chi connectivity index (χ0) is 19.1. The van der Waals surface area contributed by atoms with Crippen molar-refractivity contribution in [3.8, 4) is 6.07 Å². The average Bonchev–Trinajstić information content (AvgIpc) is 2.73. The molecule has 2 aromatic rings. The van der Waals surface area contributed by atoms with Crippen molar-refractivity contribution in [2.45, 2.75) is 38.0 Å². The lowest BCUT2D eigenvalue weighted by molar-refractivity contribution is -0.119. The smallest absolute Gasteiger partial charge is 0.338 e. The van der Waals surface area contributed by atoms with Gasteiger partial charge in [0.1, 0.15) is 6.07 Å². The number of amides is 1. The molecule has 0 aromatic heterocycles. The van der Waals surface area contributed by atoms with Crippen molar-refractivity contribution >= 4 is 17.6 Å². The summed E-state index contributed by atoms with van der Waals surface area (Å²) in [5, 5.41) is 11.6. The molecular weight excluding hydrogens is 340 g/mol. The molecule has 0 saturated heterocycles. The number of hydrogen-bond donors (Lipinski definition) is 1. The van der Waals surface area contributed by atoms with E-state index in [1.54, 1.807) is 36.4 Å². The number of esters is 1. The number of carbonyl (C=O) groups is 2. The van der Waals surface area contributed by atoms with Gasteiger partial charge in [-0.1, -0.05) is 43.5 Å². The van der Waals surface area contributed by atoms with E-state index in [1.165, 1.54) is 37.7 Å². The minimum Gasteiger partial charge on any atom is -0.452 e. The molecule has 5 nitrogen and oxygen atoms in total. The molecule has 1 fully saturated rings.